The van der Waals surface area contributed by atoms with Gasteiger partial charge in [-0.15, -0.1) is 0 Å². The van der Waals surface area contributed by atoms with E-state index in [1.807, 2.05) is 60.7 Å². The number of hydrogen-bond acceptors (Lipinski definition) is 14. The van der Waals surface area contributed by atoms with Crippen LogP contribution in [0.15, 0.2) is 109 Å². The Morgan fingerprint density at radius 1 is 0.472 bits per heavy atom. The van der Waals surface area contributed by atoms with Gasteiger partial charge in [0.2, 0.25) is 0 Å². The maximum atomic E-state index is 14.5. The average molecular weight is 983 g/mol. The molecule has 0 unspecified atom stereocenters. The van der Waals surface area contributed by atoms with Gasteiger partial charge in [-0.25, -0.2) is 28.3 Å². The second-order valence-corrected chi connectivity index (χ2v) is 15.8. The first kappa shape index (κ1) is 50.1. The monoisotopic (exact) mass is 982 g/mol. The van der Waals surface area contributed by atoms with Crippen LogP contribution in [0.25, 0.3) is 67.1 Å². The Kier molecular flexibility index (Phi) is 16.7. The summed E-state index contributed by atoms with van der Waals surface area (Å²) in [4.78, 5) is 61.2. The SMILES string of the molecule is COC(=O)c1cc(-c2cc(C(=O)NCCOCCOCCOCCOCCNC(=O)c3cc(-c4ccc(F)c(C(=O)OC)c4)nc4[nH]nc(-c5ccccc5)c34)c3c(-c4ccccc4)n[nH]c3n2)ccc1F. The van der Waals surface area contributed by atoms with Gasteiger partial charge in [0.1, 0.15) is 23.0 Å². The summed E-state index contributed by atoms with van der Waals surface area (Å²) in [7, 11) is 2.32. The molecule has 0 fully saturated rings. The fourth-order valence-electron chi connectivity index (χ4n) is 7.65. The van der Waals surface area contributed by atoms with Crippen molar-refractivity contribution in [2.24, 2.45) is 0 Å². The first-order valence-electron chi connectivity index (χ1n) is 22.7. The van der Waals surface area contributed by atoms with Crippen LogP contribution in [0.5, 0.6) is 0 Å². The second kappa shape index (κ2) is 24.0. The third-order valence-corrected chi connectivity index (χ3v) is 11.2. The number of hydrogen-bond donors (Lipinski definition) is 4. The van der Waals surface area contributed by atoms with Crippen LogP contribution in [0.4, 0.5) is 8.78 Å². The van der Waals surface area contributed by atoms with Crippen molar-refractivity contribution in [3.8, 4) is 45.0 Å². The summed E-state index contributed by atoms with van der Waals surface area (Å²) >= 11 is 0. The fraction of sp³-hybridized carbons (Fsp3) is 0.231. The largest absolute Gasteiger partial charge is 0.465 e. The molecular weight excluding hydrogens is 935 g/mol. The lowest BCUT2D eigenvalue weighted by Gasteiger charge is -2.11. The van der Waals surface area contributed by atoms with Crippen molar-refractivity contribution in [2.75, 3.05) is 80.2 Å². The number of nitrogens with zero attached hydrogens (tertiary/aromatic N) is 4. The molecule has 370 valence electrons. The lowest BCUT2D eigenvalue weighted by atomic mass is 10.0. The first-order valence-corrected chi connectivity index (χ1v) is 22.7. The van der Waals surface area contributed by atoms with Crippen LogP contribution in [-0.4, -0.2) is 134 Å². The van der Waals surface area contributed by atoms with Gasteiger partial charge in [-0.05, 0) is 48.5 Å². The summed E-state index contributed by atoms with van der Waals surface area (Å²) in [6, 6.07) is 29.6. The van der Waals surface area contributed by atoms with E-state index in [1.165, 1.54) is 24.3 Å². The highest BCUT2D eigenvalue weighted by Gasteiger charge is 2.24. The molecule has 0 spiro atoms. The molecule has 0 aliphatic rings. The summed E-state index contributed by atoms with van der Waals surface area (Å²) in [5, 5.41) is 21.5. The number of fused-ring (bicyclic) bond motifs is 2. The molecule has 4 aromatic carbocycles. The molecule has 8 aromatic rings. The van der Waals surface area contributed by atoms with E-state index in [-0.39, 0.29) is 75.0 Å². The van der Waals surface area contributed by atoms with Gasteiger partial charge in [-0.3, -0.25) is 19.8 Å². The number of methoxy groups -OCH3 is 2. The molecule has 4 aromatic heterocycles. The number of benzene rings is 4. The number of H-pyrrole nitrogens is 2. The fourth-order valence-corrected chi connectivity index (χ4v) is 7.65. The Hall–Kier alpha value is -8.30. The molecule has 8 rings (SSSR count). The minimum absolute atomic E-state index is 0.179. The number of ether oxygens (including phenoxy) is 6. The normalized spacial score (nSPS) is 11.2. The Bertz CT molecular complexity index is 2990. The topological polar surface area (TPSA) is 231 Å². The van der Waals surface area contributed by atoms with E-state index in [2.05, 4.69) is 41.0 Å². The Morgan fingerprint density at radius 3 is 1.22 bits per heavy atom. The van der Waals surface area contributed by atoms with Crippen molar-refractivity contribution < 1.29 is 56.4 Å². The van der Waals surface area contributed by atoms with E-state index in [9.17, 15) is 28.0 Å². The Balaban J connectivity index is 0.753. The molecule has 4 N–H and O–H groups in total. The van der Waals surface area contributed by atoms with Crippen molar-refractivity contribution in [2.45, 2.75) is 0 Å². The molecule has 0 bridgehead atoms. The number of aromatic nitrogens is 6. The minimum atomic E-state index is -0.846. The zero-order valence-corrected chi connectivity index (χ0v) is 39.1. The van der Waals surface area contributed by atoms with Crippen molar-refractivity contribution in [1.29, 1.82) is 0 Å². The molecule has 0 aliphatic heterocycles. The predicted octanol–water partition coefficient (Wildman–Crippen LogP) is 6.97. The van der Waals surface area contributed by atoms with Gasteiger partial charge in [0.15, 0.2) is 11.3 Å². The van der Waals surface area contributed by atoms with Gasteiger partial charge in [0, 0.05) is 35.3 Å². The van der Waals surface area contributed by atoms with E-state index >= 15 is 0 Å². The van der Waals surface area contributed by atoms with Gasteiger partial charge < -0.3 is 39.1 Å². The Morgan fingerprint density at radius 2 is 0.847 bits per heavy atom. The molecule has 18 nitrogen and oxygen atoms in total. The highest BCUT2D eigenvalue weighted by Crippen LogP contribution is 2.34. The van der Waals surface area contributed by atoms with Crippen LogP contribution >= 0.6 is 0 Å². The molecule has 20 heteroatoms. The van der Waals surface area contributed by atoms with Gasteiger partial charge in [0.05, 0.1) is 111 Å². The quantitative estimate of drug-likeness (QED) is 0.0375. The zero-order chi connectivity index (χ0) is 50.4. The van der Waals surface area contributed by atoms with Crippen molar-refractivity contribution in [3.63, 3.8) is 0 Å². The van der Waals surface area contributed by atoms with E-state index in [0.717, 1.165) is 37.5 Å². The number of aromatic amines is 2. The van der Waals surface area contributed by atoms with Crippen LogP contribution in [0.3, 0.4) is 0 Å². The number of halogens is 2. The summed E-state index contributed by atoms with van der Waals surface area (Å²) in [5.74, 6) is -4.03. The summed E-state index contributed by atoms with van der Waals surface area (Å²) < 4.78 is 61.0. The highest BCUT2D eigenvalue weighted by molar-refractivity contribution is 6.12. The number of carbonyl (C=O) groups excluding carboxylic acids is 4. The molecule has 0 aliphatic carbocycles. The van der Waals surface area contributed by atoms with Gasteiger partial charge in [0.25, 0.3) is 11.8 Å². The van der Waals surface area contributed by atoms with Crippen LogP contribution in [0, 0.1) is 11.6 Å². The molecule has 0 atom stereocenters. The van der Waals surface area contributed by atoms with Crippen molar-refractivity contribution >= 4 is 45.8 Å². The number of amides is 2. The second-order valence-electron chi connectivity index (χ2n) is 15.8. The lowest BCUT2D eigenvalue weighted by Crippen LogP contribution is -2.28. The first-order chi connectivity index (χ1) is 35.1. The van der Waals surface area contributed by atoms with Crippen LogP contribution in [0.2, 0.25) is 0 Å². The summed E-state index contributed by atoms with van der Waals surface area (Å²) in [6.45, 7) is 2.49. The minimum Gasteiger partial charge on any atom is -0.465 e. The third-order valence-electron chi connectivity index (χ3n) is 11.2. The van der Waals surface area contributed by atoms with Crippen LogP contribution < -0.4 is 10.6 Å². The van der Waals surface area contributed by atoms with E-state index in [4.69, 9.17) is 28.4 Å². The summed E-state index contributed by atoms with van der Waals surface area (Å²) in [5.41, 5.74) is 4.62. The Labute approximate surface area is 410 Å². The number of carbonyl (C=O) groups is 4. The molecule has 4 heterocycles. The molecule has 2 amide bonds. The average Bonchev–Trinajstić information content (AvgIpc) is 4.05. The maximum Gasteiger partial charge on any atom is 0.340 e. The van der Waals surface area contributed by atoms with Crippen molar-refractivity contribution in [3.05, 3.63) is 143 Å². The van der Waals surface area contributed by atoms with Crippen LogP contribution in [0.1, 0.15) is 41.4 Å². The zero-order valence-electron chi connectivity index (χ0n) is 39.1. The van der Waals surface area contributed by atoms with E-state index in [0.29, 0.717) is 69.2 Å². The predicted molar refractivity (Wildman–Crippen MR) is 260 cm³/mol. The number of rotatable bonds is 23. The number of nitrogens with one attached hydrogen (secondary N) is 4. The number of pyridine rings is 2. The van der Waals surface area contributed by atoms with Gasteiger partial charge in [-0.1, -0.05) is 60.7 Å². The summed E-state index contributed by atoms with van der Waals surface area (Å²) in [6.07, 6.45) is 0. The van der Waals surface area contributed by atoms with E-state index < -0.39 is 35.4 Å². The van der Waals surface area contributed by atoms with Crippen molar-refractivity contribution in [1.82, 2.24) is 41.0 Å². The van der Waals surface area contributed by atoms with E-state index in [1.54, 1.807) is 12.1 Å². The number of esters is 2. The highest BCUT2D eigenvalue weighted by atomic mass is 19.1. The molecule has 0 saturated carbocycles. The molecule has 0 saturated heterocycles. The van der Waals surface area contributed by atoms with Gasteiger partial charge in [-0.2, -0.15) is 10.2 Å². The van der Waals surface area contributed by atoms with Crippen LogP contribution in [-0.2, 0) is 28.4 Å². The lowest BCUT2D eigenvalue weighted by molar-refractivity contribution is -0.000996. The maximum absolute atomic E-state index is 14.5. The van der Waals surface area contributed by atoms with Gasteiger partial charge >= 0.3 is 11.9 Å². The molecule has 72 heavy (non-hydrogen) atoms. The third kappa shape index (κ3) is 11.8. The smallest absolute Gasteiger partial charge is 0.340 e. The molecule has 0 radical (unpaired) electrons. The molecular formula is C52H48F2N8O10. The standard InChI is InChI=1S/C52H48F2N8O10/c1-67-51(65)35-27-33(13-15-39(35)53)41-29-37(43-45(59-61-47(43)57-41)31-9-5-3-6-10-31)49(63)55-17-19-69-21-23-71-25-26-72-24-22-70-20-18-56-50(64)38-30-42(34-14-16-40(54)36(28-34)52(66)68-2)58-48-44(38)46(60-62-48)32-11-7-4-8-12-32/h3-16,27-30H,17-26H2,1-2H3,(H,55,63)(H,56,64)(H,57,59,61)(H,58,60,62).